The summed E-state index contributed by atoms with van der Waals surface area (Å²) in [6.45, 7) is 0. The van der Waals surface area contributed by atoms with E-state index in [9.17, 15) is 28.1 Å². The van der Waals surface area contributed by atoms with Crippen molar-refractivity contribution >= 4 is 51.7 Å². The van der Waals surface area contributed by atoms with Crippen LogP contribution in [-0.4, -0.2) is 29.4 Å². The molecule has 0 aromatic heterocycles. The standard InChI is InChI=1S/C25H17F3N2O6S2/c1-34-17-7-5-16(6-8-17)29-23(31)22(38-24(29)37)12-14-3-9-20(21(11-14)35-2)36-19-10-4-15(25(26,27)28)13-18(19)30(32)33/h3-13H,1-2H3/b22-12-. The van der Waals surface area contributed by atoms with Gasteiger partial charge in [-0.3, -0.25) is 19.8 Å². The lowest BCUT2D eigenvalue weighted by atomic mass is 10.1. The average molecular weight is 563 g/mol. The number of methoxy groups -OCH3 is 2. The van der Waals surface area contributed by atoms with Crippen molar-refractivity contribution < 1.29 is 37.1 Å². The van der Waals surface area contributed by atoms with Crippen molar-refractivity contribution in [1.82, 2.24) is 0 Å². The number of nitro benzene ring substituents is 1. The molecule has 0 saturated carbocycles. The molecular weight excluding hydrogens is 545 g/mol. The summed E-state index contributed by atoms with van der Waals surface area (Å²) in [6.07, 6.45) is -3.16. The predicted octanol–water partition coefficient (Wildman–Crippen LogP) is 6.83. The first kappa shape index (κ1) is 26.9. The summed E-state index contributed by atoms with van der Waals surface area (Å²) in [6, 6.07) is 13.3. The quantitative estimate of drug-likeness (QED) is 0.134. The van der Waals surface area contributed by atoms with E-state index in [0.717, 1.165) is 17.8 Å². The van der Waals surface area contributed by atoms with Crippen LogP contribution in [0.5, 0.6) is 23.0 Å². The van der Waals surface area contributed by atoms with Gasteiger partial charge in [-0.2, -0.15) is 13.2 Å². The Hall–Kier alpha value is -4.10. The number of rotatable bonds is 7. The first-order valence-electron chi connectivity index (χ1n) is 10.7. The molecule has 3 aromatic carbocycles. The normalized spacial score (nSPS) is 14.7. The second-order valence-corrected chi connectivity index (χ2v) is 9.34. The Labute approximate surface area is 223 Å². The van der Waals surface area contributed by atoms with Crippen LogP contribution in [0.4, 0.5) is 24.5 Å². The fourth-order valence-electron chi connectivity index (χ4n) is 3.47. The Kier molecular flexibility index (Phi) is 7.60. The molecule has 1 amide bonds. The van der Waals surface area contributed by atoms with E-state index in [-0.39, 0.29) is 17.4 Å². The van der Waals surface area contributed by atoms with Crippen molar-refractivity contribution in [3.63, 3.8) is 0 Å². The third kappa shape index (κ3) is 5.58. The SMILES string of the molecule is COc1ccc(N2C(=O)/C(=C/c3ccc(Oc4ccc(C(F)(F)F)cc4[N+](=O)[O-])c(OC)c3)SC2=S)cc1. The average Bonchev–Trinajstić information content (AvgIpc) is 3.16. The highest BCUT2D eigenvalue weighted by Crippen LogP contribution is 2.41. The molecule has 0 atom stereocenters. The number of alkyl halides is 3. The van der Waals surface area contributed by atoms with Gasteiger partial charge in [0.05, 0.1) is 35.3 Å². The fourth-order valence-corrected chi connectivity index (χ4v) is 4.77. The predicted molar refractivity (Wildman–Crippen MR) is 140 cm³/mol. The van der Waals surface area contributed by atoms with Crippen molar-refractivity contribution in [2.75, 3.05) is 19.1 Å². The van der Waals surface area contributed by atoms with Gasteiger partial charge in [0.2, 0.25) is 5.75 Å². The first-order valence-corrected chi connectivity index (χ1v) is 11.9. The number of anilines is 1. The van der Waals surface area contributed by atoms with Crippen molar-refractivity contribution in [3.8, 4) is 23.0 Å². The molecule has 13 heteroatoms. The van der Waals surface area contributed by atoms with Crippen molar-refractivity contribution in [3.05, 3.63) is 86.8 Å². The van der Waals surface area contributed by atoms with Gasteiger partial charge in [-0.15, -0.1) is 0 Å². The van der Waals surface area contributed by atoms with E-state index in [1.165, 1.54) is 31.3 Å². The van der Waals surface area contributed by atoms with Crippen LogP contribution in [0.2, 0.25) is 0 Å². The molecule has 38 heavy (non-hydrogen) atoms. The monoisotopic (exact) mass is 562 g/mol. The second kappa shape index (κ2) is 10.7. The van der Waals surface area contributed by atoms with Gasteiger partial charge in [0.25, 0.3) is 5.91 Å². The van der Waals surface area contributed by atoms with Gasteiger partial charge in [-0.1, -0.05) is 30.0 Å². The maximum absolute atomic E-state index is 13.1. The molecule has 0 unspecified atom stereocenters. The summed E-state index contributed by atoms with van der Waals surface area (Å²) < 4.78 is 55.3. The number of hydrogen-bond acceptors (Lipinski definition) is 8. The topological polar surface area (TPSA) is 91.1 Å². The van der Waals surface area contributed by atoms with Gasteiger partial charge in [0, 0.05) is 6.07 Å². The highest BCUT2D eigenvalue weighted by Gasteiger charge is 2.34. The number of benzene rings is 3. The summed E-state index contributed by atoms with van der Waals surface area (Å²) in [4.78, 5) is 25.2. The molecule has 1 fully saturated rings. The van der Waals surface area contributed by atoms with Gasteiger partial charge in [-0.25, -0.2) is 0 Å². The molecule has 0 spiro atoms. The van der Waals surface area contributed by atoms with E-state index in [1.54, 1.807) is 36.4 Å². The summed E-state index contributed by atoms with van der Waals surface area (Å²) in [5.41, 5.74) is -0.915. The molecular formula is C25H17F3N2O6S2. The number of thioether (sulfide) groups is 1. The lowest BCUT2D eigenvalue weighted by Crippen LogP contribution is -2.27. The largest absolute Gasteiger partial charge is 0.497 e. The molecule has 0 bridgehead atoms. The van der Waals surface area contributed by atoms with Crippen LogP contribution in [0.3, 0.4) is 0 Å². The summed E-state index contributed by atoms with van der Waals surface area (Å²) in [5, 5.41) is 11.4. The van der Waals surface area contributed by atoms with Crippen LogP contribution in [0, 0.1) is 10.1 Å². The maximum atomic E-state index is 13.1. The smallest absolute Gasteiger partial charge is 0.416 e. The molecule has 0 N–H and O–H groups in total. The molecule has 0 radical (unpaired) electrons. The maximum Gasteiger partial charge on any atom is 0.416 e. The minimum atomic E-state index is -4.75. The van der Waals surface area contributed by atoms with E-state index in [2.05, 4.69) is 0 Å². The van der Waals surface area contributed by atoms with Gasteiger partial charge >= 0.3 is 11.9 Å². The van der Waals surface area contributed by atoms with Crippen LogP contribution in [-0.2, 0) is 11.0 Å². The van der Waals surface area contributed by atoms with E-state index >= 15 is 0 Å². The van der Waals surface area contributed by atoms with Gasteiger partial charge in [-0.05, 0) is 60.2 Å². The molecule has 8 nitrogen and oxygen atoms in total. The van der Waals surface area contributed by atoms with E-state index in [0.29, 0.717) is 38.4 Å². The van der Waals surface area contributed by atoms with Crippen molar-refractivity contribution in [2.45, 2.75) is 6.18 Å². The Morgan fingerprint density at radius 2 is 1.66 bits per heavy atom. The summed E-state index contributed by atoms with van der Waals surface area (Å²) >= 11 is 6.50. The van der Waals surface area contributed by atoms with Crippen LogP contribution >= 0.6 is 24.0 Å². The third-order valence-corrected chi connectivity index (χ3v) is 6.61. The lowest BCUT2D eigenvalue weighted by Gasteiger charge is -2.14. The van der Waals surface area contributed by atoms with Crippen LogP contribution in [0.1, 0.15) is 11.1 Å². The molecule has 1 saturated heterocycles. The Morgan fingerprint density at radius 3 is 2.26 bits per heavy atom. The highest BCUT2D eigenvalue weighted by molar-refractivity contribution is 8.27. The summed E-state index contributed by atoms with van der Waals surface area (Å²) in [7, 11) is 2.86. The minimum Gasteiger partial charge on any atom is -0.497 e. The number of amides is 1. The number of nitrogens with zero attached hydrogens (tertiary/aromatic N) is 2. The number of hydrogen-bond donors (Lipinski definition) is 0. The minimum absolute atomic E-state index is 0.0262. The molecule has 3 aromatic rings. The van der Waals surface area contributed by atoms with E-state index in [1.807, 2.05) is 0 Å². The number of carbonyl (C=O) groups excluding carboxylic acids is 1. The Bertz CT molecular complexity index is 1460. The molecule has 1 aliphatic heterocycles. The number of nitro groups is 1. The third-order valence-electron chi connectivity index (χ3n) is 5.31. The molecule has 4 rings (SSSR count). The fraction of sp³-hybridized carbons (Fsp3) is 0.120. The number of halogens is 3. The number of ether oxygens (including phenoxy) is 3. The zero-order valence-corrected chi connectivity index (χ0v) is 21.3. The van der Waals surface area contributed by atoms with Crippen molar-refractivity contribution in [2.24, 2.45) is 0 Å². The molecule has 1 aliphatic rings. The zero-order valence-electron chi connectivity index (χ0n) is 19.6. The highest BCUT2D eigenvalue weighted by atomic mass is 32.2. The van der Waals surface area contributed by atoms with Gasteiger partial charge in [0.1, 0.15) is 5.75 Å². The van der Waals surface area contributed by atoms with Crippen LogP contribution in [0.15, 0.2) is 65.6 Å². The lowest BCUT2D eigenvalue weighted by molar-refractivity contribution is -0.385. The zero-order chi connectivity index (χ0) is 27.6. The molecule has 196 valence electrons. The van der Waals surface area contributed by atoms with Crippen LogP contribution < -0.4 is 19.1 Å². The Balaban J connectivity index is 1.60. The van der Waals surface area contributed by atoms with Gasteiger partial charge in [0.15, 0.2) is 15.8 Å². The van der Waals surface area contributed by atoms with Crippen LogP contribution in [0.25, 0.3) is 6.08 Å². The van der Waals surface area contributed by atoms with E-state index < -0.39 is 28.1 Å². The Morgan fingerprint density at radius 1 is 0.974 bits per heavy atom. The summed E-state index contributed by atoms with van der Waals surface area (Å²) in [5.74, 6) is 0.0712. The van der Waals surface area contributed by atoms with E-state index in [4.69, 9.17) is 26.4 Å². The number of carbonyl (C=O) groups is 1. The first-order chi connectivity index (χ1) is 18.0. The second-order valence-electron chi connectivity index (χ2n) is 7.66. The molecule has 1 heterocycles. The van der Waals surface area contributed by atoms with Crippen molar-refractivity contribution in [1.29, 1.82) is 0 Å². The van der Waals surface area contributed by atoms with Gasteiger partial charge < -0.3 is 14.2 Å². The number of thiocarbonyl (C=S) groups is 1. The molecule has 0 aliphatic carbocycles.